The van der Waals surface area contributed by atoms with Gasteiger partial charge in [-0.2, -0.15) is 0 Å². The van der Waals surface area contributed by atoms with E-state index in [1.807, 2.05) is 6.92 Å². The van der Waals surface area contributed by atoms with Gasteiger partial charge in [-0.25, -0.2) is 4.39 Å². The Morgan fingerprint density at radius 3 is 3.10 bits per heavy atom. The Hall–Kier alpha value is -1.90. The molecule has 0 aliphatic carbocycles. The van der Waals surface area contributed by atoms with E-state index in [0.29, 0.717) is 12.2 Å². The zero-order valence-electron chi connectivity index (χ0n) is 12.0. The number of ether oxygens (including phenoxy) is 1. The number of halogens is 1. The Morgan fingerprint density at radius 1 is 1.57 bits per heavy atom. The minimum Gasteiger partial charge on any atom is -0.378 e. The summed E-state index contributed by atoms with van der Waals surface area (Å²) in [5, 5.41) is 2.86. The standard InChI is InChI=1S/C16H19FN2O2/c1-11-9-13(6-8-21-11)19-16(20)14-10-12(3-2-7-18)4-5-15(14)17/h4-5,10-11,13H,6-9,18H2,1H3,(H,19,20). The van der Waals surface area contributed by atoms with E-state index in [2.05, 4.69) is 17.2 Å². The highest BCUT2D eigenvalue weighted by Crippen LogP contribution is 2.15. The Morgan fingerprint density at radius 2 is 2.38 bits per heavy atom. The maximum atomic E-state index is 13.8. The van der Waals surface area contributed by atoms with Crippen LogP contribution in [0.15, 0.2) is 18.2 Å². The summed E-state index contributed by atoms with van der Waals surface area (Å²) in [6.45, 7) is 2.79. The van der Waals surface area contributed by atoms with E-state index in [0.717, 1.165) is 12.8 Å². The van der Waals surface area contributed by atoms with E-state index in [1.165, 1.54) is 18.2 Å². The Kier molecular flexibility index (Phi) is 5.32. The number of hydrogen-bond acceptors (Lipinski definition) is 3. The minimum atomic E-state index is -0.550. The van der Waals surface area contributed by atoms with Crippen molar-refractivity contribution in [1.82, 2.24) is 5.32 Å². The second-order valence-electron chi connectivity index (χ2n) is 5.08. The van der Waals surface area contributed by atoms with Crippen LogP contribution in [0.1, 0.15) is 35.7 Å². The fourth-order valence-electron chi connectivity index (χ4n) is 2.32. The highest BCUT2D eigenvalue weighted by Gasteiger charge is 2.22. The zero-order chi connectivity index (χ0) is 15.2. The van der Waals surface area contributed by atoms with Crippen LogP contribution >= 0.6 is 0 Å². The lowest BCUT2D eigenvalue weighted by atomic mass is 10.0. The van der Waals surface area contributed by atoms with Crippen LogP contribution in [0, 0.1) is 17.7 Å². The second-order valence-corrected chi connectivity index (χ2v) is 5.08. The van der Waals surface area contributed by atoms with Crippen molar-refractivity contribution in [2.75, 3.05) is 13.2 Å². The van der Waals surface area contributed by atoms with Crippen LogP contribution in [-0.4, -0.2) is 31.2 Å². The molecule has 0 aromatic heterocycles. The molecule has 1 amide bonds. The third-order valence-corrected chi connectivity index (χ3v) is 3.37. The van der Waals surface area contributed by atoms with Gasteiger partial charge in [0, 0.05) is 18.2 Å². The zero-order valence-corrected chi connectivity index (χ0v) is 12.0. The maximum absolute atomic E-state index is 13.8. The van der Waals surface area contributed by atoms with Crippen molar-refractivity contribution in [3.63, 3.8) is 0 Å². The summed E-state index contributed by atoms with van der Waals surface area (Å²) in [7, 11) is 0. The summed E-state index contributed by atoms with van der Waals surface area (Å²) < 4.78 is 19.2. The molecule has 5 heteroatoms. The van der Waals surface area contributed by atoms with E-state index in [1.54, 1.807) is 0 Å². The summed E-state index contributed by atoms with van der Waals surface area (Å²) in [5.74, 6) is 4.52. The molecule has 0 radical (unpaired) electrons. The first kappa shape index (κ1) is 15.5. The molecule has 112 valence electrons. The van der Waals surface area contributed by atoms with Gasteiger partial charge in [0.1, 0.15) is 5.82 Å². The fourth-order valence-corrected chi connectivity index (χ4v) is 2.32. The molecule has 0 saturated carbocycles. The van der Waals surface area contributed by atoms with Crippen LogP contribution in [0.5, 0.6) is 0 Å². The number of nitrogens with two attached hydrogens (primary N) is 1. The van der Waals surface area contributed by atoms with Crippen LogP contribution in [0.3, 0.4) is 0 Å². The molecule has 0 spiro atoms. The summed E-state index contributed by atoms with van der Waals surface area (Å²) in [6.07, 6.45) is 1.58. The molecule has 1 aliphatic rings. The third kappa shape index (κ3) is 4.28. The Labute approximate surface area is 123 Å². The van der Waals surface area contributed by atoms with Crippen molar-refractivity contribution in [1.29, 1.82) is 0 Å². The van der Waals surface area contributed by atoms with Gasteiger partial charge < -0.3 is 15.8 Å². The molecular formula is C16H19FN2O2. The molecule has 4 nitrogen and oxygen atoms in total. The molecule has 1 heterocycles. The van der Waals surface area contributed by atoms with Crippen molar-refractivity contribution < 1.29 is 13.9 Å². The van der Waals surface area contributed by atoms with Gasteiger partial charge in [0.15, 0.2) is 0 Å². The smallest absolute Gasteiger partial charge is 0.254 e. The monoisotopic (exact) mass is 290 g/mol. The van der Waals surface area contributed by atoms with Crippen molar-refractivity contribution in [3.8, 4) is 11.8 Å². The van der Waals surface area contributed by atoms with E-state index < -0.39 is 11.7 Å². The predicted octanol–water partition coefficient (Wildman–Crippen LogP) is 1.43. The molecular weight excluding hydrogens is 271 g/mol. The number of carbonyl (C=O) groups is 1. The van der Waals surface area contributed by atoms with Gasteiger partial charge in [0.05, 0.1) is 18.2 Å². The molecule has 1 aromatic rings. The van der Waals surface area contributed by atoms with Crippen molar-refractivity contribution in [2.24, 2.45) is 5.73 Å². The van der Waals surface area contributed by atoms with Crippen LogP contribution in [0.25, 0.3) is 0 Å². The molecule has 2 unspecified atom stereocenters. The summed E-state index contributed by atoms with van der Waals surface area (Å²) in [5.41, 5.74) is 5.89. The number of carbonyl (C=O) groups excluding carboxylic acids is 1. The molecule has 2 rings (SSSR count). The first-order valence-electron chi connectivity index (χ1n) is 7.01. The molecule has 1 saturated heterocycles. The highest BCUT2D eigenvalue weighted by molar-refractivity contribution is 5.95. The second kappa shape index (κ2) is 7.21. The lowest BCUT2D eigenvalue weighted by Gasteiger charge is -2.28. The van der Waals surface area contributed by atoms with Gasteiger partial charge in [0.2, 0.25) is 0 Å². The fraction of sp³-hybridized carbons (Fsp3) is 0.438. The minimum absolute atomic E-state index is 0.0120. The Balaban J connectivity index is 2.10. The maximum Gasteiger partial charge on any atom is 0.254 e. The lowest BCUT2D eigenvalue weighted by Crippen LogP contribution is -2.41. The van der Waals surface area contributed by atoms with Crippen LogP contribution in [0.4, 0.5) is 4.39 Å². The predicted molar refractivity (Wildman–Crippen MR) is 78.2 cm³/mol. The number of benzene rings is 1. The summed E-state index contributed by atoms with van der Waals surface area (Å²) in [4.78, 5) is 12.2. The lowest BCUT2D eigenvalue weighted by molar-refractivity contribution is 0.0136. The Bertz CT molecular complexity index is 577. The topological polar surface area (TPSA) is 64.4 Å². The van der Waals surface area contributed by atoms with E-state index in [-0.39, 0.29) is 24.3 Å². The molecule has 1 aliphatic heterocycles. The number of hydrogen-bond donors (Lipinski definition) is 2. The summed E-state index contributed by atoms with van der Waals surface area (Å²) in [6, 6.07) is 4.25. The largest absolute Gasteiger partial charge is 0.378 e. The van der Waals surface area contributed by atoms with Gasteiger partial charge in [-0.1, -0.05) is 11.8 Å². The third-order valence-electron chi connectivity index (χ3n) is 3.37. The molecule has 3 N–H and O–H groups in total. The quantitative estimate of drug-likeness (QED) is 0.810. The SMILES string of the molecule is CC1CC(NC(=O)c2cc(C#CCN)ccc2F)CCO1. The van der Waals surface area contributed by atoms with Crippen molar-refractivity contribution in [3.05, 3.63) is 35.1 Å². The van der Waals surface area contributed by atoms with Gasteiger partial charge >= 0.3 is 0 Å². The normalized spacial score (nSPS) is 21.3. The van der Waals surface area contributed by atoms with E-state index >= 15 is 0 Å². The van der Waals surface area contributed by atoms with Gasteiger partial charge in [0.25, 0.3) is 5.91 Å². The molecule has 1 aromatic carbocycles. The average Bonchev–Trinajstić information content (AvgIpc) is 2.46. The average molecular weight is 290 g/mol. The first-order valence-corrected chi connectivity index (χ1v) is 7.01. The van der Waals surface area contributed by atoms with Gasteiger partial charge in [-0.15, -0.1) is 0 Å². The van der Waals surface area contributed by atoms with Crippen molar-refractivity contribution >= 4 is 5.91 Å². The van der Waals surface area contributed by atoms with E-state index in [4.69, 9.17) is 10.5 Å². The van der Waals surface area contributed by atoms with Crippen LogP contribution < -0.4 is 11.1 Å². The van der Waals surface area contributed by atoms with Crippen LogP contribution in [0.2, 0.25) is 0 Å². The van der Waals surface area contributed by atoms with E-state index in [9.17, 15) is 9.18 Å². The molecule has 2 atom stereocenters. The highest BCUT2D eigenvalue weighted by atomic mass is 19.1. The number of amides is 1. The van der Waals surface area contributed by atoms with Gasteiger partial charge in [-0.05, 0) is 38.0 Å². The summed E-state index contributed by atoms with van der Waals surface area (Å²) >= 11 is 0. The number of nitrogens with one attached hydrogen (secondary N) is 1. The van der Waals surface area contributed by atoms with Crippen molar-refractivity contribution in [2.45, 2.75) is 31.9 Å². The molecule has 0 bridgehead atoms. The van der Waals surface area contributed by atoms with Gasteiger partial charge in [-0.3, -0.25) is 4.79 Å². The molecule has 21 heavy (non-hydrogen) atoms. The molecule has 1 fully saturated rings. The van der Waals surface area contributed by atoms with Crippen LogP contribution in [-0.2, 0) is 4.74 Å². The first-order chi connectivity index (χ1) is 10.1. The number of rotatable bonds is 2.